The van der Waals surface area contributed by atoms with Gasteiger partial charge in [0.15, 0.2) is 0 Å². The Bertz CT molecular complexity index is 1340. The third-order valence-electron chi connectivity index (χ3n) is 6.91. The molecule has 0 aliphatic carbocycles. The number of pyridine rings is 2. The second-order valence-electron chi connectivity index (χ2n) is 10.2. The summed E-state index contributed by atoms with van der Waals surface area (Å²) >= 11 is 0. The van der Waals surface area contributed by atoms with Crippen molar-refractivity contribution >= 4 is 17.3 Å². The number of aromatic nitrogens is 2. The minimum atomic E-state index is -1.03. The highest BCUT2D eigenvalue weighted by Crippen LogP contribution is 2.34. The molecule has 1 aromatic carbocycles. The third kappa shape index (κ3) is 5.90. The van der Waals surface area contributed by atoms with E-state index in [0.717, 1.165) is 24.3 Å². The van der Waals surface area contributed by atoms with Gasteiger partial charge in [0, 0.05) is 37.9 Å². The van der Waals surface area contributed by atoms with Crippen LogP contribution in [0.1, 0.15) is 43.7 Å². The summed E-state index contributed by atoms with van der Waals surface area (Å²) in [4.78, 5) is 23.1. The predicted molar refractivity (Wildman–Crippen MR) is 142 cm³/mol. The molecule has 4 rings (SSSR count). The number of ether oxygens (including phenoxy) is 1. The Morgan fingerprint density at radius 1 is 1.18 bits per heavy atom. The zero-order valence-electron chi connectivity index (χ0n) is 22.2. The molecule has 4 N–H and O–H groups in total. The number of anilines is 2. The minimum Gasteiger partial charge on any atom is -0.391 e. The van der Waals surface area contributed by atoms with Crippen LogP contribution in [-0.4, -0.2) is 52.8 Å². The SMILES string of the molecule is CCOC(C)(C)c1cc(F)c(-c2nc(C(=O)Nc3cnccc3N3C[C@@H](N)[C@H](O)[C@@H](C)C3)ccc2F)c(F)c1. The van der Waals surface area contributed by atoms with Crippen molar-refractivity contribution in [1.82, 2.24) is 9.97 Å². The topological polar surface area (TPSA) is 114 Å². The van der Waals surface area contributed by atoms with Crippen LogP contribution in [0.5, 0.6) is 0 Å². The van der Waals surface area contributed by atoms with Crippen LogP contribution < -0.4 is 16.0 Å². The van der Waals surface area contributed by atoms with Crippen LogP contribution in [0.2, 0.25) is 0 Å². The summed E-state index contributed by atoms with van der Waals surface area (Å²) in [6.07, 6.45) is 2.35. The summed E-state index contributed by atoms with van der Waals surface area (Å²) in [5.41, 5.74) is 4.75. The number of nitrogens with zero attached hydrogens (tertiary/aromatic N) is 3. The summed E-state index contributed by atoms with van der Waals surface area (Å²) in [5.74, 6) is -3.89. The van der Waals surface area contributed by atoms with Gasteiger partial charge in [0.2, 0.25) is 0 Å². The van der Waals surface area contributed by atoms with Crippen molar-refractivity contribution in [3.63, 3.8) is 0 Å². The van der Waals surface area contributed by atoms with Crippen molar-refractivity contribution in [2.24, 2.45) is 11.7 Å². The van der Waals surface area contributed by atoms with E-state index in [2.05, 4.69) is 15.3 Å². The van der Waals surface area contributed by atoms with Gasteiger partial charge in [-0.1, -0.05) is 6.92 Å². The Morgan fingerprint density at radius 3 is 2.51 bits per heavy atom. The molecule has 2 aromatic heterocycles. The molecule has 1 amide bonds. The van der Waals surface area contributed by atoms with Crippen molar-refractivity contribution < 1.29 is 27.8 Å². The third-order valence-corrected chi connectivity index (χ3v) is 6.91. The van der Waals surface area contributed by atoms with Crippen molar-refractivity contribution in [3.8, 4) is 11.3 Å². The van der Waals surface area contributed by atoms with Crippen molar-refractivity contribution in [3.05, 3.63) is 71.4 Å². The van der Waals surface area contributed by atoms with Crippen LogP contribution in [-0.2, 0) is 10.3 Å². The molecule has 0 spiro atoms. The van der Waals surface area contributed by atoms with E-state index in [4.69, 9.17) is 10.5 Å². The van der Waals surface area contributed by atoms with Crippen LogP contribution in [0.25, 0.3) is 11.3 Å². The van der Waals surface area contributed by atoms with E-state index in [1.807, 2.05) is 11.8 Å². The Hall–Kier alpha value is -3.54. The number of aliphatic hydroxyl groups is 1. The lowest BCUT2D eigenvalue weighted by molar-refractivity contribution is -0.0144. The smallest absolute Gasteiger partial charge is 0.274 e. The molecule has 1 aliphatic rings. The standard InChI is InChI=1S/C28H32F3N5O3/c1-5-39-28(3,4)16-10-18(30)24(19(31)11-16)25-17(29)6-7-21(34-25)27(38)35-22-12-33-9-8-23(22)36-13-15(2)26(37)20(32)14-36/h6-12,15,20,26,37H,5,13-14,32H2,1-4H3,(H,35,38)/t15-,20+,26+/m0/s1. The largest absolute Gasteiger partial charge is 0.391 e. The van der Waals surface area contributed by atoms with E-state index in [0.29, 0.717) is 31.1 Å². The van der Waals surface area contributed by atoms with Gasteiger partial charge in [-0.2, -0.15) is 0 Å². The molecule has 1 fully saturated rings. The van der Waals surface area contributed by atoms with Gasteiger partial charge in [-0.3, -0.25) is 9.78 Å². The van der Waals surface area contributed by atoms with Gasteiger partial charge in [0.05, 0.1) is 34.8 Å². The average Bonchev–Trinajstić information content (AvgIpc) is 2.87. The molecule has 3 heterocycles. The maximum Gasteiger partial charge on any atom is 0.274 e. The number of nitrogens with one attached hydrogen (secondary N) is 1. The second kappa shape index (κ2) is 11.3. The first-order chi connectivity index (χ1) is 18.4. The fourth-order valence-corrected chi connectivity index (χ4v) is 4.79. The monoisotopic (exact) mass is 543 g/mol. The Labute approximate surface area is 225 Å². The van der Waals surface area contributed by atoms with E-state index >= 15 is 8.78 Å². The fourth-order valence-electron chi connectivity index (χ4n) is 4.79. The van der Waals surface area contributed by atoms with Crippen LogP contribution >= 0.6 is 0 Å². The van der Waals surface area contributed by atoms with E-state index in [9.17, 15) is 14.3 Å². The number of rotatable bonds is 7. The average molecular weight is 544 g/mol. The molecule has 0 unspecified atom stereocenters. The molecule has 11 heteroatoms. The molecule has 0 radical (unpaired) electrons. The number of hydrogen-bond donors (Lipinski definition) is 3. The predicted octanol–water partition coefficient (Wildman–Crippen LogP) is 4.23. The molecule has 0 saturated carbocycles. The van der Waals surface area contributed by atoms with E-state index in [1.165, 1.54) is 6.20 Å². The second-order valence-corrected chi connectivity index (χ2v) is 10.2. The van der Waals surface area contributed by atoms with Crippen LogP contribution in [0, 0.1) is 23.4 Å². The molecule has 39 heavy (non-hydrogen) atoms. The molecule has 0 bridgehead atoms. The summed E-state index contributed by atoms with van der Waals surface area (Å²) in [6.45, 7) is 8.15. The van der Waals surface area contributed by atoms with Crippen LogP contribution in [0.3, 0.4) is 0 Å². The number of carbonyl (C=O) groups is 1. The zero-order chi connectivity index (χ0) is 28.5. The van der Waals surface area contributed by atoms with E-state index in [1.54, 1.807) is 33.0 Å². The minimum absolute atomic E-state index is 0.109. The summed E-state index contributed by atoms with van der Waals surface area (Å²) in [6, 6.07) is 5.43. The fraction of sp³-hybridized carbons (Fsp3) is 0.393. The Kier molecular flexibility index (Phi) is 8.24. The van der Waals surface area contributed by atoms with Gasteiger partial charge in [-0.05, 0) is 56.7 Å². The first-order valence-corrected chi connectivity index (χ1v) is 12.7. The lowest BCUT2D eigenvalue weighted by Crippen LogP contribution is -2.55. The molecule has 208 valence electrons. The number of carbonyl (C=O) groups excluding carboxylic acids is 1. The number of benzene rings is 1. The Morgan fingerprint density at radius 2 is 1.87 bits per heavy atom. The van der Waals surface area contributed by atoms with Crippen LogP contribution in [0.4, 0.5) is 24.5 Å². The number of halogens is 3. The maximum absolute atomic E-state index is 15.1. The normalized spacial score (nSPS) is 19.7. The number of amides is 1. The van der Waals surface area contributed by atoms with Crippen molar-refractivity contribution in [2.45, 2.75) is 45.4 Å². The van der Waals surface area contributed by atoms with Crippen molar-refractivity contribution in [2.75, 3.05) is 29.9 Å². The Balaban J connectivity index is 1.64. The highest BCUT2D eigenvalue weighted by atomic mass is 19.1. The quantitative estimate of drug-likeness (QED) is 0.409. The number of hydrogen-bond acceptors (Lipinski definition) is 7. The molecule has 3 aromatic rings. The van der Waals surface area contributed by atoms with Crippen LogP contribution in [0.15, 0.2) is 42.7 Å². The highest BCUT2D eigenvalue weighted by Gasteiger charge is 2.32. The molecule has 8 nitrogen and oxygen atoms in total. The molecule has 3 atom stereocenters. The van der Waals surface area contributed by atoms with Gasteiger partial charge in [0.1, 0.15) is 28.8 Å². The molecule has 1 saturated heterocycles. The lowest BCUT2D eigenvalue weighted by Gasteiger charge is -2.40. The highest BCUT2D eigenvalue weighted by molar-refractivity contribution is 6.04. The van der Waals surface area contributed by atoms with Gasteiger partial charge in [0.25, 0.3) is 5.91 Å². The molecular weight excluding hydrogens is 511 g/mol. The van der Waals surface area contributed by atoms with E-state index in [-0.39, 0.29) is 17.2 Å². The van der Waals surface area contributed by atoms with E-state index < -0.39 is 52.4 Å². The molecular formula is C28H32F3N5O3. The number of nitrogens with two attached hydrogens (primary N) is 1. The van der Waals surface area contributed by atoms with Gasteiger partial charge in [-0.25, -0.2) is 18.2 Å². The first-order valence-electron chi connectivity index (χ1n) is 12.7. The van der Waals surface area contributed by atoms with Gasteiger partial charge < -0.3 is 25.8 Å². The van der Waals surface area contributed by atoms with Gasteiger partial charge in [-0.15, -0.1) is 0 Å². The summed E-state index contributed by atoms with van der Waals surface area (Å²) in [5, 5.41) is 12.9. The maximum atomic E-state index is 15.1. The lowest BCUT2D eigenvalue weighted by atomic mass is 9.92. The first kappa shape index (κ1) is 28.5. The van der Waals surface area contributed by atoms with Crippen molar-refractivity contribution in [1.29, 1.82) is 0 Å². The summed E-state index contributed by atoms with van der Waals surface area (Å²) in [7, 11) is 0. The summed E-state index contributed by atoms with van der Waals surface area (Å²) < 4.78 is 50.6. The molecule has 1 aliphatic heterocycles. The number of piperidine rings is 1. The number of aliphatic hydroxyl groups excluding tert-OH is 1. The zero-order valence-corrected chi connectivity index (χ0v) is 22.2. The van der Waals surface area contributed by atoms with Gasteiger partial charge >= 0.3 is 0 Å².